The number of rotatable bonds is 0. The average Bonchev–Trinajstić information content (AvgIpc) is 2.85. The molecular weight excluding hydrogens is 232 g/mol. The predicted molar refractivity (Wildman–Crippen MR) is 74.6 cm³/mol. The lowest BCUT2D eigenvalue weighted by atomic mass is 10.2. The van der Waals surface area contributed by atoms with Crippen LogP contribution in [0.1, 0.15) is 12.8 Å². The summed E-state index contributed by atoms with van der Waals surface area (Å²) in [5, 5.41) is 2.93. The topological polar surface area (TPSA) is 0 Å². The van der Waals surface area contributed by atoms with Crippen molar-refractivity contribution in [3.05, 3.63) is 34.0 Å². The summed E-state index contributed by atoms with van der Waals surface area (Å²) in [6.45, 7) is 0. The van der Waals surface area contributed by atoms with E-state index in [0.29, 0.717) is 0 Å². The molecule has 0 unspecified atom stereocenters. The van der Waals surface area contributed by atoms with E-state index in [1.54, 1.807) is 0 Å². The molecule has 1 aliphatic carbocycles. The number of hydrogen-bond acceptors (Lipinski definition) is 2. The Morgan fingerprint density at radius 3 is 2.75 bits per heavy atom. The van der Waals surface area contributed by atoms with Crippen LogP contribution in [0.3, 0.4) is 0 Å². The van der Waals surface area contributed by atoms with E-state index in [-0.39, 0.29) is 0 Å². The highest BCUT2D eigenvalue weighted by molar-refractivity contribution is 7.32. The highest BCUT2D eigenvalue weighted by Gasteiger charge is 2.09. The largest absolute Gasteiger partial charge is 0.134 e. The number of fused-ring (bicyclic) bond motifs is 5. The SMILES string of the molecule is C1=c2sc3c(sc4ccccc43)c2=CCC1. The molecule has 0 saturated heterocycles. The molecule has 2 aromatic heterocycles. The number of hydrogen-bond donors (Lipinski definition) is 0. The van der Waals surface area contributed by atoms with Gasteiger partial charge in [0.1, 0.15) is 0 Å². The quantitative estimate of drug-likeness (QED) is 0.566. The maximum absolute atomic E-state index is 2.41. The minimum Gasteiger partial charge on any atom is -0.134 e. The van der Waals surface area contributed by atoms with E-state index in [0.717, 1.165) is 0 Å². The summed E-state index contributed by atoms with van der Waals surface area (Å²) in [6.07, 6.45) is 7.21. The van der Waals surface area contributed by atoms with Crippen molar-refractivity contribution in [1.82, 2.24) is 0 Å². The van der Waals surface area contributed by atoms with Gasteiger partial charge in [0, 0.05) is 19.8 Å². The van der Waals surface area contributed by atoms with Crippen LogP contribution in [0.15, 0.2) is 24.3 Å². The standard InChI is InChI=1S/C14H10S2/c1-3-7-11-9(5-1)13-14(15-11)10-6-2-4-8-12(10)16-13/h1,3,5-8H,2,4H2. The van der Waals surface area contributed by atoms with Gasteiger partial charge in [0.05, 0.1) is 9.40 Å². The molecule has 0 saturated carbocycles. The molecule has 0 bridgehead atoms. The molecule has 4 rings (SSSR count). The van der Waals surface area contributed by atoms with Gasteiger partial charge in [-0.3, -0.25) is 0 Å². The molecule has 0 atom stereocenters. The Morgan fingerprint density at radius 2 is 1.75 bits per heavy atom. The summed E-state index contributed by atoms with van der Waals surface area (Å²) >= 11 is 3.90. The van der Waals surface area contributed by atoms with Crippen molar-refractivity contribution in [2.45, 2.75) is 12.8 Å². The Morgan fingerprint density at radius 1 is 0.875 bits per heavy atom. The van der Waals surface area contributed by atoms with Crippen LogP contribution in [0, 0.1) is 0 Å². The minimum absolute atomic E-state index is 1.20. The van der Waals surface area contributed by atoms with Crippen LogP contribution >= 0.6 is 22.7 Å². The Kier molecular flexibility index (Phi) is 1.79. The van der Waals surface area contributed by atoms with Crippen molar-refractivity contribution >= 4 is 54.3 Å². The van der Waals surface area contributed by atoms with E-state index >= 15 is 0 Å². The first-order chi connectivity index (χ1) is 7.93. The van der Waals surface area contributed by atoms with Gasteiger partial charge in [-0.05, 0) is 18.9 Å². The molecule has 1 aliphatic rings. The van der Waals surface area contributed by atoms with Crippen molar-refractivity contribution in [1.29, 1.82) is 0 Å². The van der Waals surface area contributed by atoms with Gasteiger partial charge in [-0.2, -0.15) is 0 Å². The first-order valence-electron chi connectivity index (χ1n) is 5.54. The zero-order chi connectivity index (χ0) is 10.5. The Labute approximate surface area is 101 Å². The fourth-order valence-corrected chi connectivity index (χ4v) is 5.10. The molecule has 0 fully saturated rings. The monoisotopic (exact) mass is 242 g/mol. The van der Waals surface area contributed by atoms with Crippen LogP contribution in [0.5, 0.6) is 0 Å². The van der Waals surface area contributed by atoms with Crippen molar-refractivity contribution in [3.8, 4) is 0 Å². The normalized spacial score (nSPS) is 14.8. The molecule has 78 valence electrons. The molecule has 16 heavy (non-hydrogen) atoms. The highest BCUT2D eigenvalue weighted by atomic mass is 32.1. The van der Waals surface area contributed by atoms with E-state index in [4.69, 9.17) is 0 Å². The number of benzene rings is 1. The first kappa shape index (κ1) is 8.97. The lowest BCUT2D eigenvalue weighted by Gasteiger charge is -1.92. The van der Waals surface area contributed by atoms with Crippen LogP contribution < -0.4 is 9.75 Å². The predicted octanol–water partition coefficient (Wildman–Crippen LogP) is 3.47. The van der Waals surface area contributed by atoms with E-state index < -0.39 is 0 Å². The van der Waals surface area contributed by atoms with E-state index in [2.05, 4.69) is 36.4 Å². The third kappa shape index (κ3) is 1.09. The molecule has 0 amide bonds. The molecule has 2 heteroatoms. The second-order valence-electron chi connectivity index (χ2n) is 4.12. The smallest absolute Gasteiger partial charge is 0.0541 e. The van der Waals surface area contributed by atoms with Crippen molar-refractivity contribution in [2.24, 2.45) is 0 Å². The summed E-state index contributed by atoms with van der Waals surface area (Å²) in [5.74, 6) is 0. The second kappa shape index (κ2) is 3.19. The molecule has 2 heterocycles. The van der Waals surface area contributed by atoms with Gasteiger partial charge in [0.15, 0.2) is 0 Å². The van der Waals surface area contributed by atoms with Gasteiger partial charge in [-0.1, -0.05) is 30.4 Å². The summed E-state index contributed by atoms with van der Waals surface area (Å²) in [7, 11) is 0. The summed E-state index contributed by atoms with van der Waals surface area (Å²) in [4.78, 5) is 0. The van der Waals surface area contributed by atoms with Crippen molar-refractivity contribution in [3.63, 3.8) is 0 Å². The Bertz CT molecular complexity index is 802. The average molecular weight is 242 g/mol. The van der Waals surface area contributed by atoms with Gasteiger partial charge in [0.2, 0.25) is 0 Å². The summed E-state index contributed by atoms with van der Waals surface area (Å²) < 4.78 is 5.89. The second-order valence-corrected chi connectivity index (χ2v) is 6.23. The molecule has 0 nitrogen and oxygen atoms in total. The fourth-order valence-electron chi connectivity index (χ4n) is 2.36. The van der Waals surface area contributed by atoms with Crippen LogP contribution in [0.25, 0.3) is 31.6 Å². The third-order valence-electron chi connectivity index (χ3n) is 3.12. The van der Waals surface area contributed by atoms with Crippen LogP contribution in [-0.2, 0) is 0 Å². The van der Waals surface area contributed by atoms with Crippen LogP contribution in [0.2, 0.25) is 0 Å². The maximum atomic E-state index is 2.41. The number of thiophene rings is 2. The Hall–Kier alpha value is -1.12. The summed E-state index contributed by atoms with van der Waals surface area (Å²) in [6, 6.07) is 8.74. The molecule has 0 radical (unpaired) electrons. The third-order valence-corrected chi connectivity index (χ3v) is 5.68. The van der Waals surface area contributed by atoms with Gasteiger partial charge in [0.25, 0.3) is 0 Å². The van der Waals surface area contributed by atoms with Crippen molar-refractivity contribution < 1.29 is 0 Å². The molecule has 1 aromatic carbocycles. The minimum atomic E-state index is 1.20. The fraction of sp³-hybridized carbons (Fsp3) is 0.143. The first-order valence-corrected chi connectivity index (χ1v) is 7.17. The zero-order valence-corrected chi connectivity index (χ0v) is 10.3. The highest BCUT2D eigenvalue weighted by Crippen LogP contribution is 2.33. The lowest BCUT2D eigenvalue weighted by Crippen LogP contribution is -2.20. The molecular formula is C14H10S2. The maximum Gasteiger partial charge on any atom is 0.0541 e. The van der Waals surface area contributed by atoms with Gasteiger partial charge >= 0.3 is 0 Å². The van der Waals surface area contributed by atoms with Gasteiger partial charge in [-0.15, -0.1) is 22.7 Å². The van der Waals surface area contributed by atoms with E-state index in [1.165, 1.54) is 42.1 Å². The molecule has 3 aromatic rings. The van der Waals surface area contributed by atoms with Gasteiger partial charge < -0.3 is 0 Å². The zero-order valence-electron chi connectivity index (χ0n) is 8.69. The summed E-state index contributed by atoms with van der Waals surface area (Å²) in [5.41, 5.74) is 0. The van der Waals surface area contributed by atoms with Gasteiger partial charge in [-0.25, -0.2) is 0 Å². The molecule has 0 N–H and O–H groups in total. The Balaban J connectivity index is 2.35. The van der Waals surface area contributed by atoms with E-state index in [1.807, 2.05) is 22.7 Å². The van der Waals surface area contributed by atoms with Crippen molar-refractivity contribution in [2.75, 3.05) is 0 Å². The lowest BCUT2D eigenvalue weighted by molar-refractivity contribution is 1.13. The van der Waals surface area contributed by atoms with E-state index in [9.17, 15) is 0 Å². The van der Waals surface area contributed by atoms with Crippen LogP contribution in [0.4, 0.5) is 0 Å². The molecule has 0 aliphatic heterocycles. The molecule has 0 spiro atoms. The van der Waals surface area contributed by atoms with Crippen LogP contribution in [-0.4, -0.2) is 0 Å².